The zero-order chi connectivity index (χ0) is 32.0. The molecule has 0 saturated carbocycles. The number of imidazole rings is 2. The van der Waals surface area contributed by atoms with Crippen molar-refractivity contribution in [2.24, 2.45) is 5.11 Å². The summed E-state index contributed by atoms with van der Waals surface area (Å²) in [6, 6.07) is 0. The third kappa shape index (κ3) is 5.57. The number of nitrogen functional groups attached to an aromatic ring is 2. The number of nitrogens with one attached hydrogen (secondary N) is 2. The molecule has 10 N–H and O–H groups in total. The largest absolute Gasteiger partial charge is 0.387 e. The topological polar surface area (TPSA) is 318 Å². The first-order valence-corrected chi connectivity index (χ1v) is 15.0. The summed E-state index contributed by atoms with van der Waals surface area (Å²) in [5.41, 5.74) is 19.6. The first-order valence-electron chi connectivity index (χ1n) is 13.2. The number of fused-ring (bicyclic) bond motifs is 2. The number of aromatic nitrogens is 8. The van der Waals surface area contributed by atoms with Crippen molar-refractivity contribution in [1.82, 2.24) is 49.3 Å². The fourth-order valence-electron chi connectivity index (χ4n) is 5.08. The van der Waals surface area contributed by atoms with E-state index in [1.807, 2.05) is 0 Å². The van der Waals surface area contributed by atoms with E-state index in [9.17, 15) is 25.2 Å². The Bertz CT molecular complexity index is 1800. The molecule has 0 spiro atoms. The maximum Gasteiger partial charge on any atom is 0.230 e. The Labute approximate surface area is 263 Å². The molecule has 0 radical (unpaired) electrons. The molecule has 0 unspecified atom stereocenters. The van der Waals surface area contributed by atoms with Crippen LogP contribution < -0.4 is 21.7 Å². The van der Waals surface area contributed by atoms with Gasteiger partial charge in [-0.3, -0.25) is 13.9 Å². The number of hydrogen-bond donors (Lipinski definition) is 8. The molecule has 2 fully saturated rings. The zero-order valence-corrected chi connectivity index (χ0v) is 25.2. The van der Waals surface area contributed by atoms with Crippen molar-refractivity contribution in [3.05, 3.63) is 17.4 Å². The van der Waals surface area contributed by atoms with Crippen LogP contribution in [-0.2, 0) is 14.3 Å². The Balaban J connectivity index is 1.15. The van der Waals surface area contributed by atoms with Crippen LogP contribution in [0.2, 0.25) is 0 Å². The average molecular weight is 711 g/mol. The fraction of sp³-hybridized carbons (Fsp3) is 0.500. The van der Waals surface area contributed by atoms with Crippen LogP contribution in [0, 0.1) is 5.53 Å². The summed E-state index contributed by atoms with van der Waals surface area (Å²) < 4.78 is 14.8. The van der Waals surface area contributed by atoms with E-state index in [1.165, 1.54) is 21.8 Å². The Hall–Kier alpha value is -3.93. The number of ether oxygens (including phenoxy) is 2. The highest BCUT2D eigenvalue weighted by Gasteiger charge is 2.47. The van der Waals surface area contributed by atoms with Crippen LogP contribution in [0.25, 0.3) is 22.3 Å². The van der Waals surface area contributed by atoms with Gasteiger partial charge >= 0.3 is 0 Å². The fourth-order valence-corrected chi connectivity index (χ4v) is 6.48. The van der Waals surface area contributed by atoms with E-state index in [2.05, 4.69) is 61.2 Å². The number of nitrogens with zero attached hydrogens (tertiary/aromatic N) is 10. The molecule has 6 heterocycles. The Morgan fingerprint density at radius 3 is 2.20 bits per heavy atom. The van der Waals surface area contributed by atoms with E-state index < -0.39 is 55.0 Å². The van der Waals surface area contributed by atoms with Crippen molar-refractivity contribution in [3.8, 4) is 0 Å². The number of anilines is 2. The molecular weight excluding hydrogens is 684 g/mol. The van der Waals surface area contributed by atoms with Gasteiger partial charge in [0.15, 0.2) is 62.9 Å². The lowest BCUT2D eigenvalue weighted by atomic mass is 10.1. The number of aliphatic hydroxyl groups is 4. The molecule has 2 aliphatic rings. The summed E-state index contributed by atoms with van der Waals surface area (Å²) in [6.07, 6.45) is -7.38. The first-order chi connectivity index (χ1) is 21.6. The monoisotopic (exact) mass is 709 g/mol. The van der Waals surface area contributed by atoms with E-state index in [0.29, 0.717) is 0 Å². The standard InChI is InChI=1S/C22H25BrN14O7S/c23-21-33-9-15(24)28-4-30-17(9)36(21)19-13(41)11(39)6(43-19)1-27-8(38)3-45-22-34-10-16(25)29-5-31-18(10)37(22)20-14(42)12(40)7(44-20)2-32-35-26/h4-7,11-14,19-20,26,39-42H,1-3H2,(H4-,24,25,27,28,29,30,31,38)/p+1/t6-,7-,11-,12-,13-,14-,19-,20-/m1/s1. The zero-order valence-electron chi connectivity index (χ0n) is 22.8. The highest BCUT2D eigenvalue weighted by Crippen LogP contribution is 2.37. The minimum atomic E-state index is -1.44. The van der Waals surface area contributed by atoms with Crippen molar-refractivity contribution >= 4 is 67.6 Å². The number of halogens is 1. The second-order valence-electron chi connectivity index (χ2n) is 9.99. The van der Waals surface area contributed by atoms with Gasteiger partial charge in [0.1, 0.15) is 59.9 Å². The molecule has 0 bridgehead atoms. The van der Waals surface area contributed by atoms with Gasteiger partial charge in [0.05, 0.1) is 5.75 Å². The molecule has 8 atom stereocenters. The maximum atomic E-state index is 12.9. The molecule has 2 aliphatic heterocycles. The van der Waals surface area contributed by atoms with Crippen LogP contribution in [0.4, 0.5) is 11.6 Å². The molecule has 2 saturated heterocycles. The second kappa shape index (κ2) is 12.5. The van der Waals surface area contributed by atoms with Crippen LogP contribution in [0.5, 0.6) is 0 Å². The lowest BCUT2D eigenvalue weighted by molar-refractivity contribution is -0.119. The number of rotatable bonds is 9. The second-order valence-corrected chi connectivity index (χ2v) is 11.6. The lowest BCUT2D eigenvalue weighted by Gasteiger charge is -2.19. The van der Waals surface area contributed by atoms with E-state index in [1.54, 1.807) is 0 Å². The summed E-state index contributed by atoms with van der Waals surface area (Å²) in [5, 5.41) is 49.1. The van der Waals surface area contributed by atoms with Crippen LogP contribution in [0.3, 0.4) is 0 Å². The summed E-state index contributed by atoms with van der Waals surface area (Å²) in [6.45, 7) is -0.333. The van der Waals surface area contributed by atoms with Crippen LogP contribution >= 0.6 is 27.7 Å². The number of hydrogen-bond acceptors (Lipinski definition) is 18. The van der Waals surface area contributed by atoms with Crippen molar-refractivity contribution in [2.75, 3.05) is 30.3 Å². The normalized spacial score (nSPS) is 28.1. The maximum absolute atomic E-state index is 12.9. The quantitative estimate of drug-likeness (QED) is 0.0388. The molecular formula is C22H26BrN14O7S+. The Morgan fingerprint density at radius 2 is 1.53 bits per heavy atom. The predicted molar refractivity (Wildman–Crippen MR) is 155 cm³/mol. The number of thioether (sulfide) groups is 1. The number of carbonyl (C=O) groups is 1. The van der Waals surface area contributed by atoms with Gasteiger partial charge < -0.3 is 46.7 Å². The molecule has 23 heteroatoms. The van der Waals surface area contributed by atoms with Gasteiger partial charge in [-0.05, 0) is 15.9 Å². The number of amides is 1. The number of aliphatic hydroxyl groups excluding tert-OH is 4. The summed E-state index contributed by atoms with van der Waals surface area (Å²) >= 11 is 4.26. The molecule has 21 nitrogen and oxygen atoms in total. The molecule has 0 aliphatic carbocycles. The van der Waals surface area contributed by atoms with E-state index >= 15 is 0 Å². The van der Waals surface area contributed by atoms with Crippen LogP contribution in [0.1, 0.15) is 12.5 Å². The smallest absolute Gasteiger partial charge is 0.230 e. The van der Waals surface area contributed by atoms with E-state index in [0.717, 1.165) is 11.8 Å². The number of nitrogens with two attached hydrogens (primary N) is 2. The van der Waals surface area contributed by atoms with Gasteiger partial charge in [0.25, 0.3) is 0 Å². The molecule has 4 aromatic rings. The van der Waals surface area contributed by atoms with Crippen molar-refractivity contribution in [3.63, 3.8) is 0 Å². The molecule has 4 aromatic heterocycles. The highest BCUT2D eigenvalue weighted by atomic mass is 79.9. The summed E-state index contributed by atoms with van der Waals surface area (Å²) in [5.74, 6) is -0.508. The predicted octanol–water partition coefficient (Wildman–Crippen LogP) is -2.41. The number of carbonyl (C=O) groups excluding carboxylic acids is 1. The van der Waals surface area contributed by atoms with Gasteiger partial charge in [-0.1, -0.05) is 11.8 Å². The minimum absolute atomic E-state index is 0.0459. The first kappa shape index (κ1) is 31.1. The third-order valence-electron chi connectivity index (χ3n) is 7.28. The third-order valence-corrected chi connectivity index (χ3v) is 8.80. The molecule has 6 rings (SSSR count). The van der Waals surface area contributed by atoms with Crippen LogP contribution in [0.15, 0.2) is 27.7 Å². The highest BCUT2D eigenvalue weighted by molar-refractivity contribution is 9.10. The average Bonchev–Trinajstić information content (AvgIpc) is 3.72. The Kier molecular flexibility index (Phi) is 8.60. The minimum Gasteiger partial charge on any atom is -0.387 e. The van der Waals surface area contributed by atoms with Crippen molar-refractivity contribution < 1.29 is 34.7 Å². The molecule has 45 heavy (non-hydrogen) atoms. The SMILES string of the molecule is N=[N+]=NC[C@H]1O[C@@H](n2c(SCC(=O)NC[C@H]3O[C@@H](n4c(Br)nc5c(N)ncnc54)[C@H](O)[C@@H]3O)nc3c(N)ncnc32)[C@H](O)[C@@H]1O. The van der Waals surface area contributed by atoms with Crippen molar-refractivity contribution in [2.45, 2.75) is 54.2 Å². The van der Waals surface area contributed by atoms with Gasteiger partial charge in [-0.2, -0.15) is 0 Å². The lowest BCUT2D eigenvalue weighted by Crippen LogP contribution is -2.40. The Morgan fingerprint density at radius 1 is 0.956 bits per heavy atom. The summed E-state index contributed by atoms with van der Waals surface area (Å²) in [7, 11) is 0. The van der Waals surface area contributed by atoms with Gasteiger partial charge in [-0.15, -0.1) is 0 Å². The summed E-state index contributed by atoms with van der Waals surface area (Å²) in [4.78, 5) is 40.7. The van der Waals surface area contributed by atoms with Crippen LogP contribution in [-0.4, -0.2) is 121 Å². The molecule has 238 valence electrons. The van der Waals surface area contributed by atoms with Crippen molar-refractivity contribution in [1.29, 1.82) is 5.53 Å². The van der Waals surface area contributed by atoms with Gasteiger partial charge in [0, 0.05) is 6.54 Å². The van der Waals surface area contributed by atoms with Gasteiger partial charge in [-0.25, -0.2) is 29.9 Å². The van der Waals surface area contributed by atoms with Gasteiger partial charge in [0.2, 0.25) is 10.8 Å². The van der Waals surface area contributed by atoms with E-state index in [-0.39, 0.29) is 62.7 Å². The molecule has 1 amide bonds. The molecule has 0 aromatic carbocycles. The van der Waals surface area contributed by atoms with E-state index in [4.69, 9.17) is 26.5 Å².